The molecule has 0 amide bonds. The van der Waals surface area contributed by atoms with Gasteiger partial charge in [0.25, 0.3) is 0 Å². The first kappa shape index (κ1) is 28.6. The normalized spacial score (nSPS) is 11.8. The monoisotopic (exact) mass is 666 g/mol. The molecule has 0 aliphatic rings. The third-order valence-electron chi connectivity index (χ3n) is 9.93. The van der Waals surface area contributed by atoms with E-state index in [9.17, 15) is 0 Å². The van der Waals surface area contributed by atoms with Crippen LogP contribution in [0.25, 0.3) is 111 Å². The van der Waals surface area contributed by atoms with Crippen LogP contribution < -0.4 is 0 Å². The Morgan fingerprint density at radius 1 is 0.365 bits per heavy atom. The van der Waals surface area contributed by atoms with Gasteiger partial charge < -0.3 is 8.83 Å². The van der Waals surface area contributed by atoms with Crippen LogP contribution in [0, 0.1) is 0 Å². The van der Waals surface area contributed by atoms with Crippen molar-refractivity contribution in [2.45, 2.75) is 0 Å². The van der Waals surface area contributed by atoms with E-state index in [4.69, 9.17) is 23.8 Å². The number of nitrogens with zero attached hydrogens (tertiary/aromatic N) is 4. The lowest BCUT2D eigenvalue weighted by Crippen LogP contribution is -2.00. The van der Waals surface area contributed by atoms with Crippen LogP contribution in [-0.4, -0.2) is 19.9 Å². The van der Waals surface area contributed by atoms with Crippen LogP contribution in [0.2, 0.25) is 0 Å². The van der Waals surface area contributed by atoms with E-state index < -0.39 is 0 Å². The fraction of sp³-hybridized carbons (Fsp3) is 0. The SMILES string of the molecule is c1cc(-c2nc(-c3ccc4ccccc4c3)nc(-c3ccc4c(c3)oc3ccccc34)n2)cc(-c2cccc3oc4cc5cccnc5cc4c23)c1. The number of pyridine rings is 1. The highest BCUT2D eigenvalue weighted by molar-refractivity contribution is 6.15. The minimum atomic E-state index is 0.572. The molecule has 242 valence electrons. The lowest BCUT2D eigenvalue weighted by atomic mass is 9.97. The van der Waals surface area contributed by atoms with Crippen molar-refractivity contribution in [3.8, 4) is 45.3 Å². The molecule has 0 unspecified atom stereocenters. The average molecular weight is 667 g/mol. The molecule has 6 heteroatoms. The molecule has 52 heavy (non-hydrogen) atoms. The van der Waals surface area contributed by atoms with Gasteiger partial charge in [-0.15, -0.1) is 0 Å². The summed E-state index contributed by atoms with van der Waals surface area (Å²) in [7, 11) is 0. The largest absolute Gasteiger partial charge is 0.456 e. The second kappa shape index (κ2) is 11.2. The van der Waals surface area contributed by atoms with Crippen LogP contribution in [0.15, 0.2) is 167 Å². The first-order valence-corrected chi connectivity index (χ1v) is 17.2. The summed E-state index contributed by atoms with van der Waals surface area (Å²) in [6, 6.07) is 51.7. The summed E-state index contributed by atoms with van der Waals surface area (Å²) in [5, 5.41) is 7.55. The summed E-state index contributed by atoms with van der Waals surface area (Å²) in [5.74, 6) is 1.76. The van der Waals surface area contributed by atoms with E-state index in [2.05, 4.69) is 102 Å². The van der Waals surface area contributed by atoms with Crippen LogP contribution in [-0.2, 0) is 0 Å². The first-order valence-electron chi connectivity index (χ1n) is 17.2. The van der Waals surface area contributed by atoms with Gasteiger partial charge in [-0.2, -0.15) is 0 Å². The lowest BCUT2D eigenvalue weighted by Gasteiger charge is -2.11. The Bertz CT molecular complexity index is 3210. The molecule has 0 fully saturated rings. The topological polar surface area (TPSA) is 77.8 Å². The number of para-hydroxylation sites is 1. The van der Waals surface area contributed by atoms with Crippen molar-refractivity contribution in [1.82, 2.24) is 19.9 Å². The molecule has 0 atom stereocenters. The van der Waals surface area contributed by atoms with Crippen molar-refractivity contribution >= 4 is 65.6 Å². The molecule has 0 N–H and O–H groups in total. The van der Waals surface area contributed by atoms with Gasteiger partial charge in [-0.3, -0.25) is 4.98 Å². The quantitative estimate of drug-likeness (QED) is 0.186. The molecule has 0 saturated heterocycles. The van der Waals surface area contributed by atoms with Crippen LogP contribution in [0.5, 0.6) is 0 Å². The van der Waals surface area contributed by atoms with Crippen LogP contribution in [0.3, 0.4) is 0 Å². The number of furan rings is 2. The van der Waals surface area contributed by atoms with Gasteiger partial charge in [-0.1, -0.05) is 97.1 Å². The number of aromatic nitrogens is 4. The van der Waals surface area contributed by atoms with Crippen molar-refractivity contribution in [3.05, 3.63) is 158 Å². The van der Waals surface area contributed by atoms with Gasteiger partial charge in [-0.05, 0) is 76.5 Å². The number of rotatable bonds is 4. The van der Waals surface area contributed by atoms with E-state index >= 15 is 0 Å². The van der Waals surface area contributed by atoms with Gasteiger partial charge in [0.2, 0.25) is 0 Å². The second-order valence-electron chi connectivity index (χ2n) is 13.1. The highest BCUT2D eigenvalue weighted by Gasteiger charge is 2.18. The second-order valence-corrected chi connectivity index (χ2v) is 13.1. The number of hydrogen-bond donors (Lipinski definition) is 0. The molecule has 0 radical (unpaired) electrons. The van der Waals surface area contributed by atoms with Crippen molar-refractivity contribution in [1.29, 1.82) is 0 Å². The minimum absolute atomic E-state index is 0.572. The molecule has 0 aliphatic heterocycles. The molecule has 11 rings (SSSR count). The first-order chi connectivity index (χ1) is 25.7. The fourth-order valence-electron chi connectivity index (χ4n) is 7.41. The van der Waals surface area contributed by atoms with Gasteiger partial charge >= 0.3 is 0 Å². The standard InChI is InChI=1S/C46H26N4O2/c1-2-9-28-22-32(18-17-27(28)8-1)45-48-44(49-46(50-45)33-19-20-36-35-13-3-4-15-39(35)51-41(36)25-33)31-11-5-10-29(23-31)34-14-6-16-40-43(34)37-26-38-30(12-7-21-47-38)24-42(37)52-40/h1-26H. The Kier molecular flexibility index (Phi) is 6.15. The van der Waals surface area contributed by atoms with Gasteiger partial charge in [0, 0.05) is 49.8 Å². The molecule has 0 aliphatic carbocycles. The maximum Gasteiger partial charge on any atom is 0.164 e. The third kappa shape index (κ3) is 4.58. The van der Waals surface area contributed by atoms with E-state index in [1.165, 1.54) is 0 Å². The molecule has 6 nitrogen and oxygen atoms in total. The summed E-state index contributed by atoms with van der Waals surface area (Å²) in [4.78, 5) is 19.9. The zero-order chi connectivity index (χ0) is 34.2. The number of benzene rings is 7. The predicted molar refractivity (Wildman–Crippen MR) is 209 cm³/mol. The molecule has 7 aromatic carbocycles. The van der Waals surface area contributed by atoms with E-state index in [1.54, 1.807) is 0 Å². The van der Waals surface area contributed by atoms with Crippen molar-refractivity contribution in [2.24, 2.45) is 0 Å². The van der Waals surface area contributed by atoms with E-state index in [-0.39, 0.29) is 0 Å². The highest BCUT2D eigenvalue weighted by Crippen LogP contribution is 2.39. The maximum absolute atomic E-state index is 6.38. The predicted octanol–water partition coefficient (Wildman–Crippen LogP) is 12.0. The van der Waals surface area contributed by atoms with E-state index in [1.807, 2.05) is 60.8 Å². The third-order valence-corrected chi connectivity index (χ3v) is 9.93. The molecule has 0 bridgehead atoms. The summed E-state index contributed by atoms with van der Waals surface area (Å²) < 4.78 is 12.6. The summed E-state index contributed by atoms with van der Waals surface area (Å²) in [6.45, 7) is 0. The van der Waals surface area contributed by atoms with E-state index in [0.717, 1.165) is 93.4 Å². The summed E-state index contributed by atoms with van der Waals surface area (Å²) in [6.07, 6.45) is 1.82. The molecular formula is C46H26N4O2. The Balaban J connectivity index is 1.09. The molecule has 11 aromatic rings. The Morgan fingerprint density at radius 3 is 1.92 bits per heavy atom. The van der Waals surface area contributed by atoms with Gasteiger partial charge in [0.05, 0.1) is 5.52 Å². The maximum atomic E-state index is 6.38. The zero-order valence-corrected chi connectivity index (χ0v) is 27.6. The van der Waals surface area contributed by atoms with Crippen molar-refractivity contribution in [2.75, 3.05) is 0 Å². The average Bonchev–Trinajstić information content (AvgIpc) is 3.77. The Morgan fingerprint density at radius 2 is 1.02 bits per heavy atom. The summed E-state index contributed by atoms with van der Waals surface area (Å²) in [5.41, 5.74) is 8.98. The smallest absolute Gasteiger partial charge is 0.164 e. The van der Waals surface area contributed by atoms with Crippen LogP contribution >= 0.6 is 0 Å². The molecular weight excluding hydrogens is 641 g/mol. The van der Waals surface area contributed by atoms with Gasteiger partial charge in [0.1, 0.15) is 22.3 Å². The summed E-state index contributed by atoms with van der Waals surface area (Å²) >= 11 is 0. The van der Waals surface area contributed by atoms with Crippen molar-refractivity contribution < 1.29 is 8.83 Å². The minimum Gasteiger partial charge on any atom is -0.456 e. The Labute approximate surface area is 296 Å². The number of fused-ring (bicyclic) bond motifs is 8. The molecule has 0 spiro atoms. The van der Waals surface area contributed by atoms with Gasteiger partial charge in [-0.25, -0.2) is 15.0 Å². The molecule has 0 saturated carbocycles. The van der Waals surface area contributed by atoms with E-state index in [0.29, 0.717) is 17.5 Å². The Hall–Kier alpha value is -7.18. The molecule has 4 heterocycles. The van der Waals surface area contributed by atoms with Crippen molar-refractivity contribution in [3.63, 3.8) is 0 Å². The highest BCUT2D eigenvalue weighted by atomic mass is 16.3. The lowest BCUT2D eigenvalue weighted by molar-refractivity contribution is 0.669. The van der Waals surface area contributed by atoms with Crippen LogP contribution in [0.1, 0.15) is 0 Å². The zero-order valence-electron chi connectivity index (χ0n) is 27.6. The number of hydrogen-bond acceptors (Lipinski definition) is 6. The van der Waals surface area contributed by atoms with Crippen LogP contribution in [0.4, 0.5) is 0 Å². The molecule has 4 aromatic heterocycles. The van der Waals surface area contributed by atoms with Gasteiger partial charge in [0.15, 0.2) is 17.5 Å². The fourth-order valence-corrected chi connectivity index (χ4v) is 7.41.